The average Bonchev–Trinajstić information content (AvgIpc) is 3.17. The first-order valence-corrected chi connectivity index (χ1v) is 11.5. The summed E-state index contributed by atoms with van der Waals surface area (Å²) in [4.78, 5) is 24.4. The van der Waals surface area contributed by atoms with Gasteiger partial charge in [0, 0.05) is 39.1 Å². The van der Waals surface area contributed by atoms with Crippen molar-refractivity contribution in [1.29, 1.82) is 0 Å². The van der Waals surface area contributed by atoms with Crippen molar-refractivity contribution in [3.05, 3.63) is 63.2 Å². The second-order valence-corrected chi connectivity index (χ2v) is 8.88. The Morgan fingerprint density at radius 1 is 1.24 bits per heavy atom. The van der Waals surface area contributed by atoms with Crippen LogP contribution >= 0.6 is 11.6 Å². The Morgan fingerprint density at radius 3 is 2.65 bits per heavy atom. The van der Waals surface area contributed by atoms with Crippen LogP contribution in [0.25, 0.3) is 11.2 Å². The molecule has 0 amide bonds. The zero-order chi connectivity index (χ0) is 24.5. The van der Waals surface area contributed by atoms with E-state index in [0.29, 0.717) is 37.7 Å². The molecule has 1 aromatic carbocycles. The van der Waals surface area contributed by atoms with E-state index in [0.717, 1.165) is 24.5 Å². The molecule has 2 aromatic heterocycles. The minimum absolute atomic E-state index is 0.0893. The third-order valence-corrected chi connectivity index (χ3v) is 6.37. The van der Waals surface area contributed by atoms with Gasteiger partial charge in [-0.2, -0.15) is 18.2 Å². The Kier molecular flexibility index (Phi) is 6.99. The summed E-state index contributed by atoms with van der Waals surface area (Å²) in [6, 6.07) is 9.74. The second kappa shape index (κ2) is 9.79. The van der Waals surface area contributed by atoms with Crippen LogP contribution in [-0.2, 0) is 26.4 Å². The van der Waals surface area contributed by atoms with Crippen LogP contribution in [0.2, 0.25) is 0 Å². The number of aryl methyl sites for hydroxylation is 2. The van der Waals surface area contributed by atoms with E-state index in [9.17, 15) is 18.0 Å². The monoisotopic (exact) mass is 494 g/mol. The summed E-state index contributed by atoms with van der Waals surface area (Å²) in [5.41, 5.74) is 7.20. The molecule has 0 bridgehead atoms. The van der Waals surface area contributed by atoms with Gasteiger partial charge in [0.2, 0.25) is 5.95 Å². The molecule has 1 unspecified atom stereocenters. The van der Waals surface area contributed by atoms with Gasteiger partial charge in [-0.05, 0) is 30.9 Å². The fourth-order valence-electron chi connectivity index (χ4n) is 4.21. The van der Waals surface area contributed by atoms with Crippen molar-refractivity contribution in [3.63, 3.8) is 0 Å². The number of rotatable bonds is 6. The van der Waals surface area contributed by atoms with E-state index in [1.165, 1.54) is 9.13 Å². The van der Waals surface area contributed by atoms with Crippen molar-refractivity contribution in [3.8, 4) is 0 Å². The SMILES string of the molecule is Cn1c(CCc2ccccc2)nc2nc(N3CCCC(N)C3)n(C/C=C(\Cl)C(F)(F)F)c2c1=O. The summed E-state index contributed by atoms with van der Waals surface area (Å²) in [6.45, 7) is 0.854. The van der Waals surface area contributed by atoms with Gasteiger partial charge in [0.1, 0.15) is 10.9 Å². The molecular formula is C23H26ClF3N6O. The van der Waals surface area contributed by atoms with Gasteiger partial charge < -0.3 is 15.2 Å². The molecule has 182 valence electrons. The lowest BCUT2D eigenvalue weighted by atomic mass is 10.1. The van der Waals surface area contributed by atoms with Crippen LogP contribution in [0, 0.1) is 0 Å². The first kappa shape index (κ1) is 24.3. The third kappa shape index (κ3) is 5.12. The number of alkyl halides is 3. The van der Waals surface area contributed by atoms with Crippen molar-refractivity contribution >= 4 is 28.7 Å². The zero-order valence-electron chi connectivity index (χ0n) is 18.7. The van der Waals surface area contributed by atoms with Crippen molar-refractivity contribution < 1.29 is 13.2 Å². The molecule has 1 aliphatic heterocycles. The molecule has 2 N–H and O–H groups in total. The van der Waals surface area contributed by atoms with E-state index in [1.54, 1.807) is 7.05 Å². The van der Waals surface area contributed by atoms with E-state index in [2.05, 4.69) is 9.97 Å². The van der Waals surface area contributed by atoms with Crippen LogP contribution < -0.4 is 16.2 Å². The van der Waals surface area contributed by atoms with Gasteiger partial charge in [-0.25, -0.2) is 4.98 Å². The maximum Gasteiger partial charge on any atom is 0.426 e. The van der Waals surface area contributed by atoms with Crippen LogP contribution in [0.3, 0.4) is 0 Å². The van der Waals surface area contributed by atoms with E-state index in [4.69, 9.17) is 17.3 Å². The molecule has 7 nitrogen and oxygen atoms in total. The number of halogens is 4. The Morgan fingerprint density at radius 2 is 1.97 bits per heavy atom. The maximum absolute atomic E-state index is 13.3. The molecule has 3 heterocycles. The highest BCUT2D eigenvalue weighted by atomic mass is 35.5. The summed E-state index contributed by atoms with van der Waals surface area (Å²) < 4.78 is 41.9. The van der Waals surface area contributed by atoms with Crippen LogP contribution in [-0.4, -0.2) is 44.4 Å². The van der Waals surface area contributed by atoms with E-state index >= 15 is 0 Å². The summed E-state index contributed by atoms with van der Waals surface area (Å²) in [5.74, 6) is 0.926. The number of hydrogen-bond acceptors (Lipinski definition) is 5. The molecule has 0 aliphatic carbocycles. The fourth-order valence-corrected chi connectivity index (χ4v) is 4.28. The predicted molar refractivity (Wildman–Crippen MR) is 126 cm³/mol. The number of fused-ring (bicyclic) bond motifs is 1. The highest BCUT2D eigenvalue weighted by molar-refractivity contribution is 6.30. The quantitative estimate of drug-likeness (QED) is 0.567. The lowest BCUT2D eigenvalue weighted by Crippen LogP contribution is -2.44. The standard InChI is InChI=1S/C23H26ClF3N6O/c1-31-18(10-9-15-6-3-2-4-7-15)29-20-19(21(31)34)33(13-11-17(24)23(25,26)27)22(30-20)32-12-5-8-16(28)14-32/h2-4,6-7,11,16H,5,8-10,12-14,28H2,1H3/b17-11-. The fraction of sp³-hybridized carbons (Fsp3) is 0.435. The molecule has 11 heteroatoms. The minimum atomic E-state index is -4.67. The Balaban J connectivity index is 1.77. The smallest absolute Gasteiger partial charge is 0.341 e. The van der Waals surface area contributed by atoms with E-state index in [1.807, 2.05) is 35.2 Å². The van der Waals surface area contributed by atoms with Crippen LogP contribution in [0.1, 0.15) is 24.2 Å². The van der Waals surface area contributed by atoms with Crippen molar-refractivity contribution in [2.45, 2.75) is 44.4 Å². The average molecular weight is 495 g/mol. The lowest BCUT2D eigenvalue weighted by Gasteiger charge is -2.31. The van der Waals surface area contributed by atoms with Gasteiger partial charge in [-0.1, -0.05) is 41.9 Å². The van der Waals surface area contributed by atoms with Gasteiger partial charge in [0.25, 0.3) is 5.56 Å². The van der Waals surface area contributed by atoms with Crippen molar-refractivity contribution in [2.75, 3.05) is 18.0 Å². The van der Waals surface area contributed by atoms with E-state index < -0.39 is 11.2 Å². The third-order valence-electron chi connectivity index (χ3n) is 6.00. The molecule has 1 atom stereocenters. The normalized spacial score (nSPS) is 17.5. The molecule has 0 saturated carbocycles. The Bertz CT molecular complexity index is 1250. The molecule has 1 aliphatic rings. The highest BCUT2D eigenvalue weighted by Crippen LogP contribution is 2.29. The highest BCUT2D eigenvalue weighted by Gasteiger charge is 2.32. The number of nitrogens with two attached hydrogens (primary N) is 1. The minimum Gasteiger partial charge on any atom is -0.341 e. The number of piperidine rings is 1. The topological polar surface area (TPSA) is 82.0 Å². The van der Waals surface area contributed by atoms with Crippen LogP contribution in [0.15, 0.2) is 46.2 Å². The lowest BCUT2D eigenvalue weighted by molar-refractivity contribution is -0.0847. The largest absolute Gasteiger partial charge is 0.426 e. The first-order chi connectivity index (χ1) is 16.1. The number of anilines is 1. The molecule has 0 spiro atoms. The molecule has 4 rings (SSSR count). The number of imidazole rings is 1. The van der Waals surface area contributed by atoms with Crippen LogP contribution in [0.5, 0.6) is 0 Å². The van der Waals surface area contributed by atoms with Gasteiger partial charge in [0.15, 0.2) is 11.2 Å². The number of nitrogens with zero attached hydrogens (tertiary/aromatic N) is 5. The van der Waals surface area contributed by atoms with Crippen molar-refractivity contribution in [2.24, 2.45) is 12.8 Å². The summed E-state index contributed by atoms with van der Waals surface area (Å²) in [7, 11) is 1.61. The number of hydrogen-bond donors (Lipinski definition) is 1. The summed E-state index contributed by atoms with van der Waals surface area (Å²) in [6.07, 6.45) is -0.955. The van der Waals surface area contributed by atoms with Gasteiger partial charge >= 0.3 is 6.18 Å². The second-order valence-electron chi connectivity index (χ2n) is 8.47. The molecule has 0 radical (unpaired) electrons. The summed E-state index contributed by atoms with van der Waals surface area (Å²) in [5, 5.41) is -1.25. The number of allylic oxidation sites excluding steroid dienone is 2. The van der Waals surface area contributed by atoms with Crippen LogP contribution in [0.4, 0.5) is 19.1 Å². The van der Waals surface area contributed by atoms with Crippen molar-refractivity contribution in [1.82, 2.24) is 19.1 Å². The first-order valence-electron chi connectivity index (χ1n) is 11.1. The Hall–Kier alpha value is -2.85. The molecular weight excluding hydrogens is 469 g/mol. The molecule has 3 aromatic rings. The van der Waals surface area contributed by atoms with E-state index in [-0.39, 0.29) is 29.3 Å². The molecule has 1 saturated heterocycles. The summed E-state index contributed by atoms with van der Waals surface area (Å²) >= 11 is 5.45. The maximum atomic E-state index is 13.3. The van der Waals surface area contributed by atoms with Gasteiger partial charge in [0.05, 0.1) is 0 Å². The predicted octanol–water partition coefficient (Wildman–Crippen LogP) is 3.53. The number of benzene rings is 1. The number of aromatic nitrogens is 4. The Labute approximate surface area is 199 Å². The van der Waals surface area contributed by atoms with Gasteiger partial charge in [-0.15, -0.1) is 0 Å². The molecule has 34 heavy (non-hydrogen) atoms. The van der Waals surface area contributed by atoms with Gasteiger partial charge in [-0.3, -0.25) is 9.36 Å². The zero-order valence-corrected chi connectivity index (χ0v) is 19.5. The molecule has 1 fully saturated rings.